The van der Waals surface area contributed by atoms with E-state index in [9.17, 15) is 9.59 Å². The summed E-state index contributed by atoms with van der Waals surface area (Å²) in [4.78, 5) is 27.2. The van der Waals surface area contributed by atoms with Gasteiger partial charge in [-0.2, -0.15) is 5.10 Å². The monoisotopic (exact) mass is 383 g/mol. The van der Waals surface area contributed by atoms with Crippen LogP contribution in [0.3, 0.4) is 0 Å². The fourth-order valence-corrected chi connectivity index (χ4v) is 3.26. The third-order valence-electron chi connectivity index (χ3n) is 4.62. The predicted octanol–water partition coefficient (Wildman–Crippen LogP) is 3.51. The van der Waals surface area contributed by atoms with Crippen LogP contribution in [0.4, 0.5) is 0 Å². The molecule has 27 heavy (non-hydrogen) atoms. The van der Waals surface area contributed by atoms with Gasteiger partial charge in [-0.3, -0.25) is 9.59 Å². The van der Waals surface area contributed by atoms with E-state index in [2.05, 4.69) is 5.10 Å². The normalized spacial score (nSPS) is 10.9. The van der Waals surface area contributed by atoms with Gasteiger partial charge >= 0.3 is 0 Å². The van der Waals surface area contributed by atoms with Gasteiger partial charge in [-0.05, 0) is 37.6 Å². The molecule has 3 aromatic rings. The Morgan fingerprint density at radius 3 is 2.30 bits per heavy atom. The predicted molar refractivity (Wildman–Crippen MR) is 108 cm³/mol. The van der Waals surface area contributed by atoms with Gasteiger partial charge in [0.2, 0.25) is 5.91 Å². The summed E-state index contributed by atoms with van der Waals surface area (Å²) in [5, 5.41) is 6.48. The van der Waals surface area contributed by atoms with Gasteiger partial charge in [-0.25, -0.2) is 4.68 Å². The SMILES string of the molecule is CCN(CC)C(=O)Cc1nn(Cc2ccc(Cl)cc2)c(=O)c2ccccc12. The van der Waals surface area contributed by atoms with Crippen LogP contribution in [-0.2, 0) is 17.8 Å². The number of fused-ring (bicyclic) bond motifs is 1. The standard InChI is InChI=1S/C21H22ClN3O2/c1-3-24(4-2)20(26)13-19-17-7-5-6-8-18(17)21(27)25(23-19)14-15-9-11-16(22)12-10-15/h5-12H,3-4,13-14H2,1-2H3. The molecule has 0 N–H and O–H groups in total. The minimum atomic E-state index is -0.167. The average molecular weight is 384 g/mol. The van der Waals surface area contributed by atoms with Gasteiger partial charge in [0.05, 0.1) is 24.0 Å². The van der Waals surface area contributed by atoms with Gasteiger partial charge in [0.25, 0.3) is 5.56 Å². The zero-order valence-corrected chi connectivity index (χ0v) is 16.2. The fraction of sp³-hybridized carbons (Fsp3) is 0.286. The van der Waals surface area contributed by atoms with Crippen molar-refractivity contribution in [2.24, 2.45) is 0 Å². The van der Waals surface area contributed by atoms with E-state index in [1.807, 2.05) is 44.2 Å². The van der Waals surface area contributed by atoms with Crippen molar-refractivity contribution < 1.29 is 4.79 Å². The third kappa shape index (κ3) is 4.19. The number of hydrogen-bond donors (Lipinski definition) is 0. The molecule has 0 bridgehead atoms. The van der Waals surface area contributed by atoms with Crippen LogP contribution in [0.1, 0.15) is 25.1 Å². The molecule has 0 radical (unpaired) electrons. The van der Waals surface area contributed by atoms with E-state index in [0.29, 0.717) is 35.7 Å². The number of aromatic nitrogens is 2. The molecular formula is C21H22ClN3O2. The van der Waals surface area contributed by atoms with Crippen molar-refractivity contribution in [2.75, 3.05) is 13.1 Å². The maximum atomic E-state index is 12.9. The number of carbonyl (C=O) groups excluding carboxylic acids is 1. The average Bonchev–Trinajstić information content (AvgIpc) is 2.68. The minimum absolute atomic E-state index is 0.00865. The lowest BCUT2D eigenvalue weighted by Gasteiger charge is -2.19. The lowest BCUT2D eigenvalue weighted by atomic mass is 10.1. The van der Waals surface area contributed by atoms with E-state index in [1.54, 1.807) is 23.1 Å². The maximum absolute atomic E-state index is 12.9. The van der Waals surface area contributed by atoms with Crippen LogP contribution >= 0.6 is 11.6 Å². The summed E-state index contributed by atoms with van der Waals surface area (Å²) in [7, 11) is 0. The molecule has 3 rings (SSSR count). The number of carbonyl (C=O) groups is 1. The van der Waals surface area contributed by atoms with Gasteiger partial charge in [0, 0.05) is 23.5 Å². The molecule has 0 unspecified atom stereocenters. The fourth-order valence-electron chi connectivity index (χ4n) is 3.14. The Bertz CT molecular complexity index is 1010. The van der Waals surface area contributed by atoms with Crippen LogP contribution < -0.4 is 5.56 Å². The topological polar surface area (TPSA) is 55.2 Å². The summed E-state index contributed by atoms with van der Waals surface area (Å²) in [5.41, 5.74) is 1.38. The van der Waals surface area contributed by atoms with Crippen LogP contribution in [0, 0.1) is 0 Å². The van der Waals surface area contributed by atoms with E-state index < -0.39 is 0 Å². The number of amides is 1. The lowest BCUT2D eigenvalue weighted by molar-refractivity contribution is -0.130. The smallest absolute Gasteiger partial charge is 0.274 e. The van der Waals surface area contributed by atoms with Crippen molar-refractivity contribution in [1.82, 2.24) is 14.7 Å². The second-order valence-electron chi connectivity index (χ2n) is 6.32. The van der Waals surface area contributed by atoms with Crippen LogP contribution in [0.25, 0.3) is 10.8 Å². The van der Waals surface area contributed by atoms with Crippen molar-refractivity contribution in [2.45, 2.75) is 26.8 Å². The van der Waals surface area contributed by atoms with E-state index in [-0.39, 0.29) is 17.9 Å². The second kappa shape index (κ2) is 8.35. The number of benzene rings is 2. The Hall–Kier alpha value is -2.66. The molecule has 0 spiro atoms. The van der Waals surface area contributed by atoms with Crippen molar-refractivity contribution in [1.29, 1.82) is 0 Å². The maximum Gasteiger partial charge on any atom is 0.274 e. The van der Waals surface area contributed by atoms with Gasteiger partial charge in [-0.15, -0.1) is 0 Å². The molecule has 0 atom stereocenters. The molecule has 0 aliphatic heterocycles. The van der Waals surface area contributed by atoms with Crippen LogP contribution in [0.15, 0.2) is 53.3 Å². The van der Waals surface area contributed by atoms with Crippen molar-refractivity contribution >= 4 is 28.3 Å². The van der Waals surface area contributed by atoms with E-state index in [0.717, 1.165) is 10.9 Å². The van der Waals surface area contributed by atoms with E-state index >= 15 is 0 Å². The highest BCUT2D eigenvalue weighted by atomic mass is 35.5. The van der Waals surface area contributed by atoms with Crippen molar-refractivity contribution in [3.05, 3.63) is 75.2 Å². The highest BCUT2D eigenvalue weighted by Gasteiger charge is 2.16. The minimum Gasteiger partial charge on any atom is -0.343 e. The Labute approximate surface area is 163 Å². The van der Waals surface area contributed by atoms with E-state index in [1.165, 1.54) is 4.68 Å². The molecule has 0 saturated heterocycles. The van der Waals surface area contributed by atoms with Crippen molar-refractivity contribution in [3.63, 3.8) is 0 Å². The Morgan fingerprint density at radius 2 is 1.67 bits per heavy atom. The molecule has 2 aromatic carbocycles. The molecule has 1 amide bonds. The first-order valence-electron chi connectivity index (χ1n) is 9.04. The summed E-state index contributed by atoms with van der Waals surface area (Å²) >= 11 is 5.94. The zero-order chi connectivity index (χ0) is 19.4. The molecular weight excluding hydrogens is 362 g/mol. The number of rotatable bonds is 6. The number of hydrogen-bond acceptors (Lipinski definition) is 3. The molecule has 6 heteroatoms. The summed E-state index contributed by atoms with van der Waals surface area (Å²) < 4.78 is 1.43. The molecule has 5 nitrogen and oxygen atoms in total. The first-order chi connectivity index (χ1) is 13.0. The van der Waals surface area contributed by atoms with Gasteiger partial charge in [-0.1, -0.05) is 41.9 Å². The quantitative estimate of drug-likeness (QED) is 0.654. The second-order valence-corrected chi connectivity index (χ2v) is 6.76. The summed E-state index contributed by atoms with van der Waals surface area (Å²) in [6.07, 6.45) is 0.170. The molecule has 1 heterocycles. The first kappa shape index (κ1) is 19.1. The first-order valence-corrected chi connectivity index (χ1v) is 9.42. The zero-order valence-electron chi connectivity index (χ0n) is 15.5. The highest BCUT2D eigenvalue weighted by Crippen LogP contribution is 2.16. The molecule has 0 saturated carbocycles. The Balaban J connectivity index is 2.04. The lowest BCUT2D eigenvalue weighted by Crippen LogP contribution is -2.33. The molecule has 140 valence electrons. The van der Waals surface area contributed by atoms with Crippen LogP contribution in [0.5, 0.6) is 0 Å². The number of likely N-dealkylation sites (N-methyl/N-ethyl adjacent to an activating group) is 1. The molecule has 1 aromatic heterocycles. The summed E-state index contributed by atoms with van der Waals surface area (Å²) in [5.74, 6) is 0.00865. The molecule has 0 aliphatic carbocycles. The van der Waals surface area contributed by atoms with Gasteiger partial charge in [0.1, 0.15) is 0 Å². The third-order valence-corrected chi connectivity index (χ3v) is 4.88. The Kier molecular flexibility index (Phi) is 5.91. The van der Waals surface area contributed by atoms with Gasteiger partial charge in [0.15, 0.2) is 0 Å². The largest absolute Gasteiger partial charge is 0.343 e. The van der Waals surface area contributed by atoms with Gasteiger partial charge < -0.3 is 4.90 Å². The van der Waals surface area contributed by atoms with Crippen LogP contribution in [0.2, 0.25) is 5.02 Å². The number of halogens is 1. The summed E-state index contributed by atoms with van der Waals surface area (Å²) in [6, 6.07) is 14.6. The number of nitrogens with zero attached hydrogens (tertiary/aromatic N) is 3. The van der Waals surface area contributed by atoms with Crippen LogP contribution in [-0.4, -0.2) is 33.7 Å². The summed E-state index contributed by atoms with van der Waals surface area (Å²) in [6.45, 7) is 5.53. The van der Waals surface area contributed by atoms with E-state index in [4.69, 9.17) is 11.6 Å². The van der Waals surface area contributed by atoms with Crippen molar-refractivity contribution in [3.8, 4) is 0 Å². The molecule has 0 aliphatic rings. The molecule has 0 fully saturated rings. The highest BCUT2D eigenvalue weighted by molar-refractivity contribution is 6.30. The Morgan fingerprint density at radius 1 is 1.04 bits per heavy atom.